The third-order valence-electron chi connectivity index (χ3n) is 5.14. The van der Waals surface area contributed by atoms with Gasteiger partial charge in [0.1, 0.15) is 0 Å². The van der Waals surface area contributed by atoms with Gasteiger partial charge in [0.2, 0.25) is 5.89 Å². The summed E-state index contributed by atoms with van der Waals surface area (Å²) in [6.45, 7) is 2.48. The van der Waals surface area contributed by atoms with Gasteiger partial charge in [-0.05, 0) is 19.3 Å². The zero-order chi connectivity index (χ0) is 16.4. The summed E-state index contributed by atoms with van der Waals surface area (Å²) in [6, 6.07) is 0. The first-order chi connectivity index (χ1) is 11.7. The van der Waals surface area contributed by atoms with Crippen molar-refractivity contribution in [2.45, 2.75) is 63.1 Å². The van der Waals surface area contributed by atoms with Crippen LogP contribution in [0.5, 0.6) is 0 Å². The minimum atomic E-state index is -0.774. The molecule has 1 N–H and O–H groups in total. The van der Waals surface area contributed by atoms with E-state index in [4.69, 9.17) is 4.52 Å². The maximum atomic E-state index is 10.7. The number of likely N-dealkylation sites (tertiary alicyclic amines) is 1. The molecule has 0 bridgehead atoms. The van der Waals surface area contributed by atoms with E-state index >= 15 is 0 Å². The van der Waals surface area contributed by atoms with Crippen LogP contribution in [0.3, 0.4) is 0 Å². The Morgan fingerprint density at radius 3 is 2.96 bits per heavy atom. The highest BCUT2D eigenvalue weighted by Gasteiger charge is 2.37. The third-order valence-corrected chi connectivity index (χ3v) is 5.14. The molecule has 1 unspecified atom stereocenters. The monoisotopic (exact) mass is 332 g/mol. The van der Waals surface area contributed by atoms with Crippen LogP contribution in [0, 0.1) is 0 Å². The Morgan fingerprint density at radius 1 is 1.29 bits per heavy atom. The fraction of sp³-hybridized carbons (Fsp3) is 0.750. The largest absolute Gasteiger partial charge is 0.387 e. The highest BCUT2D eigenvalue weighted by molar-refractivity contribution is 4.97. The molecule has 1 aliphatic carbocycles. The third kappa shape index (κ3) is 3.49. The molecule has 4 rings (SSSR count). The number of rotatable bonds is 5. The van der Waals surface area contributed by atoms with Gasteiger partial charge >= 0.3 is 0 Å². The second-order valence-electron chi connectivity index (χ2n) is 7.17. The smallest absolute Gasteiger partial charge is 0.229 e. The van der Waals surface area contributed by atoms with Crippen molar-refractivity contribution in [3.8, 4) is 0 Å². The summed E-state index contributed by atoms with van der Waals surface area (Å²) in [5, 5.41) is 22.6. The number of aliphatic hydroxyl groups is 1. The van der Waals surface area contributed by atoms with Crippen LogP contribution in [0.2, 0.25) is 0 Å². The van der Waals surface area contributed by atoms with Crippen molar-refractivity contribution in [3.63, 3.8) is 0 Å². The van der Waals surface area contributed by atoms with Crippen molar-refractivity contribution in [2.75, 3.05) is 13.1 Å². The number of aromatic nitrogens is 5. The molecule has 0 radical (unpaired) electrons. The van der Waals surface area contributed by atoms with Crippen LogP contribution in [0.4, 0.5) is 0 Å². The van der Waals surface area contributed by atoms with E-state index in [1.165, 1.54) is 19.3 Å². The van der Waals surface area contributed by atoms with Gasteiger partial charge in [-0.15, -0.1) is 5.10 Å². The van der Waals surface area contributed by atoms with Crippen LogP contribution < -0.4 is 0 Å². The average molecular weight is 332 g/mol. The summed E-state index contributed by atoms with van der Waals surface area (Å²) < 4.78 is 7.16. The van der Waals surface area contributed by atoms with E-state index in [2.05, 4.69) is 25.4 Å². The van der Waals surface area contributed by atoms with Gasteiger partial charge in [0.05, 0.1) is 24.9 Å². The van der Waals surface area contributed by atoms with Crippen molar-refractivity contribution >= 4 is 0 Å². The zero-order valence-electron chi connectivity index (χ0n) is 13.8. The quantitative estimate of drug-likeness (QED) is 0.883. The molecule has 2 aromatic rings. The summed E-state index contributed by atoms with van der Waals surface area (Å²) in [5.41, 5.74) is -0.774. The first kappa shape index (κ1) is 15.7. The van der Waals surface area contributed by atoms with Crippen molar-refractivity contribution in [1.29, 1.82) is 0 Å². The van der Waals surface area contributed by atoms with Crippen LogP contribution in [0.25, 0.3) is 0 Å². The van der Waals surface area contributed by atoms with Crippen LogP contribution in [0.15, 0.2) is 16.9 Å². The first-order valence-electron chi connectivity index (χ1n) is 8.82. The molecule has 24 heavy (non-hydrogen) atoms. The molecule has 3 heterocycles. The van der Waals surface area contributed by atoms with Gasteiger partial charge in [-0.1, -0.05) is 29.6 Å². The molecule has 8 heteroatoms. The molecule has 1 aliphatic heterocycles. The maximum absolute atomic E-state index is 10.7. The lowest BCUT2D eigenvalue weighted by Crippen LogP contribution is -2.37. The Hall–Kier alpha value is -1.80. The molecule has 2 aliphatic rings. The number of β-amino-alcohol motifs (C(OH)–C–C–N with tert-alkyl or cyclic N) is 1. The fourth-order valence-corrected chi connectivity index (χ4v) is 3.87. The Morgan fingerprint density at radius 2 is 2.17 bits per heavy atom. The lowest BCUT2D eigenvalue weighted by molar-refractivity contribution is 0.0271. The number of nitrogens with zero attached hydrogens (tertiary/aromatic N) is 6. The molecular formula is C16H24N6O2. The Bertz CT molecular complexity index is 651. The topological polar surface area (TPSA) is 93.1 Å². The van der Waals surface area contributed by atoms with E-state index < -0.39 is 5.60 Å². The second kappa shape index (κ2) is 6.60. The summed E-state index contributed by atoms with van der Waals surface area (Å²) in [4.78, 5) is 6.77. The summed E-state index contributed by atoms with van der Waals surface area (Å²) >= 11 is 0. The number of hydrogen-bond acceptors (Lipinski definition) is 7. The van der Waals surface area contributed by atoms with Crippen LogP contribution in [0.1, 0.15) is 56.2 Å². The SMILES string of the molecule is OC1(Cn2ccnn2)CCN(Cc2noc(C3CCCCC3)n2)C1. The van der Waals surface area contributed by atoms with E-state index in [0.717, 1.165) is 31.1 Å². The van der Waals surface area contributed by atoms with Gasteiger partial charge in [-0.2, -0.15) is 4.98 Å². The van der Waals surface area contributed by atoms with E-state index in [9.17, 15) is 5.11 Å². The molecule has 0 amide bonds. The normalized spacial score (nSPS) is 26.2. The highest BCUT2D eigenvalue weighted by atomic mass is 16.5. The Balaban J connectivity index is 1.34. The van der Waals surface area contributed by atoms with Crippen molar-refractivity contribution in [2.24, 2.45) is 0 Å². The molecule has 2 fully saturated rings. The van der Waals surface area contributed by atoms with E-state index in [0.29, 0.717) is 32.0 Å². The van der Waals surface area contributed by atoms with E-state index in [1.54, 1.807) is 17.1 Å². The predicted molar refractivity (Wildman–Crippen MR) is 85.0 cm³/mol. The summed E-state index contributed by atoms with van der Waals surface area (Å²) in [5.74, 6) is 1.95. The second-order valence-corrected chi connectivity index (χ2v) is 7.17. The number of hydrogen-bond donors (Lipinski definition) is 1. The van der Waals surface area contributed by atoms with Gasteiger partial charge < -0.3 is 9.63 Å². The van der Waals surface area contributed by atoms with Gasteiger partial charge in [0, 0.05) is 25.2 Å². The molecule has 0 aromatic carbocycles. The average Bonchev–Trinajstić information content (AvgIpc) is 3.32. The van der Waals surface area contributed by atoms with E-state index in [-0.39, 0.29) is 0 Å². The van der Waals surface area contributed by atoms with Crippen LogP contribution in [-0.4, -0.2) is 53.8 Å². The van der Waals surface area contributed by atoms with Crippen LogP contribution >= 0.6 is 0 Å². The molecule has 0 spiro atoms. The van der Waals surface area contributed by atoms with Gasteiger partial charge in [0.25, 0.3) is 0 Å². The van der Waals surface area contributed by atoms with Gasteiger partial charge in [-0.3, -0.25) is 4.90 Å². The zero-order valence-corrected chi connectivity index (χ0v) is 13.8. The highest BCUT2D eigenvalue weighted by Crippen LogP contribution is 2.31. The summed E-state index contributed by atoms with van der Waals surface area (Å²) in [7, 11) is 0. The first-order valence-corrected chi connectivity index (χ1v) is 8.82. The fourth-order valence-electron chi connectivity index (χ4n) is 3.87. The molecule has 1 saturated heterocycles. The molecule has 1 saturated carbocycles. The standard InChI is InChI=1S/C16H24N6O2/c23-16(12-22-9-7-17-20-22)6-8-21(11-16)10-14-18-15(24-19-14)13-4-2-1-3-5-13/h7,9,13,23H,1-6,8,10-12H2. The molecule has 2 aromatic heterocycles. The van der Waals surface area contributed by atoms with Crippen molar-refractivity contribution in [1.82, 2.24) is 30.0 Å². The minimum Gasteiger partial charge on any atom is -0.387 e. The lowest BCUT2D eigenvalue weighted by Gasteiger charge is -2.22. The molecule has 1 atom stereocenters. The van der Waals surface area contributed by atoms with Gasteiger partial charge in [-0.25, -0.2) is 4.68 Å². The molecule has 8 nitrogen and oxygen atoms in total. The van der Waals surface area contributed by atoms with Crippen LogP contribution in [-0.2, 0) is 13.1 Å². The van der Waals surface area contributed by atoms with Crippen molar-refractivity contribution in [3.05, 3.63) is 24.1 Å². The minimum absolute atomic E-state index is 0.433. The molecular weight excluding hydrogens is 308 g/mol. The van der Waals surface area contributed by atoms with Gasteiger partial charge in [0.15, 0.2) is 5.82 Å². The Labute approximate surface area is 140 Å². The predicted octanol–water partition coefficient (Wildman–Crippen LogP) is 1.35. The summed E-state index contributed by atoms with van der Waals surface area (Å²) in [6.07, 6.45) is 10.2. The van der Waals surface area contributed by atoms with Crippen molar-refractivity contribution < 1.29 is 9.63 Å². The maximum Gasteiger partial charge on any atom is 0.229 e. The lowest BCUT2D eigenvalue weighted by atomic mass is 9.89. The molecule has 130 valence electrons. The Kier molecular flexibility index (Phi) is 4.32. The van der Waals surface area contributed by atoms with E-state index in [1.807, 2.05) is 0 Å².